The molecule has 0 aliphatic rings. The van der Waals surface area contributed by atoms with Gasteiger partial charge in [0.15, 0.2) is 0 Å². The second kappa shape index (κ2) is 5.33. The Bertz CT molecular complexity index is 691. The summed E-state index contributed by atoms with van der Waals surface area (Å²) in [6, 6.07) is 8.16. The lowest BCUT2D eigenvalue weighted by Crippen LogP contribution is -2.07. The maximum atomic E-state index is 4.07. The molecule has 1 N–H and O–H groups in total. The van der Waals surface area contributed by atoms with Crippen LogP contribution in [0.4, 0.5) is 5.13 Å². The predicted octanol–water partition coefficient (Wildman–Crippen LogP) is 2.00. The zero-order valence-electron chi connectivity index (χ0n) is 11.1. The molecule has 102 valence electrons. The molecule has 7 nitrogen and oxygen atoms in total. The van der Waals surface area contributed by atoms with Crippen LogP contribution in [0.2, 0.25) is 0 Å². The Labute approximate surface area is 119 Å². The van der Waals surface area contributed by atoms with Crippen LogP contribution in [0.5, 0.6) is 0 Å². The molecule has 1 aromatic carbocycles. The second-order valence-corrected chi connectivity index (χ2v) is 5.52. The molecule has 0 radical (unpaired) electrons. The van der Waals surface area contributed by atoms with Crippen molar-refractivity contribution in [2.45, 2.75) is 19.9 Å². The molecule has 0 spiro atoms. The number of nitrogens with zero attached hydrogens (tertiary/aromatic N) is 6. The molecular weight excluding hydrogens is 274 g/mol. The molecule has 3 rings (SSSR count). The van der Waals surface area contributed by atoms with Crippen molar-refractivity contribution in [3.8, 4) is 5.69 Å². The number of rotatable bonds is 4. The fourth-order valence-corrected chi connectivity index (χ4v) is 2.52. The fourth-order valence-electron chi connectivity index (χ4n) is 1.84. The third-order valence-corrected chi connectivity index (χ3v) is 3.62. The van der Waals surface area contributed by atoms with Crippen LogP contribution in [0.3, 0.4) is 0 Å². The zero-order valence-corrected chi connectivity index (χ0v) is 11.9. The summed E-state index contributed by atoms with van der Waals surface area (Å²) >= 11 is 1.54. The molecule has 0 aliphatic heterocycles. The molecule has 0 amide bonds. The molecule has 2 heterocycles. The van der Waals surface area contributed by atoms with Gasteiger partial charge in [0.25, 0.3) is 0 Å². The van der Waals surface area contributed by atoms with Gasteiger partial charge in [-0.25, -0.2) is 4.68 Å². The molecule has 1 unspecified atom stereocenters. The van der Waals surface area contributed by atoms with Gasteiger partial charge < -0.3 is 5.32 Å². The number of hydrogen-bond acceptors (Lipinski definition) is 7. The molecular formula is C12H13N7S. The second-order valence-electron chi connectivity index (χ2n) is 4.34. The van der Waals surface area contributed by atoms with Gasteiger partial charge in [-0.05, 0) is 42.0 Å². The Morgan fingerprint density at radius 2 is 2.20 bits per heavy atom. The summed E-state index contributed by atoms with van der Waals surface area (Å²) in [5.41, 5.74) is 2.06. The third kappa shape index (κ3) is 2.64. The fraction of sp³-hybridized carbons (Fsp3) is 0.250. The molecule has 8 heteroatoms. The van der Waals surface area contributed by atoms with Gasteiger partial charge in [0.2, 0.25) is 5.13 Å². The van der Waals surface area contributed by atoms with Crippen molar-refractivity contribution in [3.05, 3.63) is 41.2 Å². The zero-order chi connectivity index (χ0) is 13.9. The lowest BCUT2D eigenvalue weighted by molar-refractivity contribution is 0.784. The average molecular weight is 287 g/mol. The number of hydrogen-bond donors (Lipinski definition) is 1. The minimum Gasteiger partial charge on any atom is -0.354 e. The van der Waals surface area contributed by atoms with Crippen molar-refractivity contribution in [2.75, 3.05) is 5.32 Å². The number of anilines is 1. The maximum absolute atomic E-state index is 4.07. The summed E-state index contributed by atoms with van der Waals surface area (Å²) < 4.78 is 1.63. The van der Waals surface area contributed by atoms with E-state index in [0.29, 0.717) is 0 Å². The lowest BCUT2D eigenvalue weighted by Gasteiger charge is -2.13. The van der Waals surface area contributed by atoms with Crippen molar-refractivity contribution in [1.29, 1.82) is 0 Å². The summed E-state index contributed by atoms with van der Waals surface area (Å²) in [4.78, 5) is 0. The SMILES string of the molecule is Cc1nnc(NC(C)c2cccc(-n3cnnn3)c2)s1. The molecule has 0 saturated carbocycles. The minimum absolute atomic E-state index is 0.124. The Morgan fingerprint density at radius 1 is 1.30 bits per heavy atom. The molecule has 0 saturated heterocycles. The van der Waals surface area contributed by atoms with Gasteiger partial charge in [0.1, 0.15) is 11.3 Å². The van der Waals surface area contributed by atoms with Crippen LogP contribution in [0.15, 0.2) is 30.6 Å². The highest BCUT2D eigenvalue weighted by Crippen LogP contribution is 2.23. The van der Waals surface area contributed by atoms with E-state index in [0.717, 1.165) is 21.4 Å². The number of aromatic nitrogens is 6. The van der Waals surface area contributed by atoms with Gasteiger partial charge in [-0.2, -0.15) is 0 Å². The van der Waals surface area contributed by atoms with Gasteiger partial charge in [0.05, 0.1) is 11.7 Å². The average Bonchev–Trinajstić information content (AvgIpc) is 3.11. The van der Waals surface area contributed by atoms with Crippen molar-refractivity contribution >= 4 is 16.5 Å². The largest absolute Gasteiger partial charge is 0.354 e. The van der Waals surface area contributed by atoms with Crippen LogP contribution >= 0.6 is 11.3 Å². The maximum Gasteiger partial charge on any atom is 0.206 e. The first-order valence-electron chi connectivity index (χ1n) is 6.12. The molecule has 20 heavy (non-hydrogen) atoms. The van der Waals surface area contributed by atoms with Crippen molar-refractivity contribution in [3.63, 3.8) is 0 Å². The van der Waals surface area contributed by atoms with E-state index in [1.54, 1.807) is 22.3 Å². The number of tetrazole rings is 1. The van der Waals surface area contributed by atoms with E-state index in [1.165, 1.54) is 0 Å². The quantitative estimate of drug-likeness (QED) is 0.790. The van der Waals surface area contributed by atoms with Crippen molar-refractivity contribution < 1.29 is 0 Å². The Morgan fingerprint density at radius 3 is 2.90 bits per heavy atom. The van der Waals surface area contributed by atoms with Crippen molar-refractivity contribution in [2.24, 2.45) is 0 Å². The standard InChI is InChI=1S/C12H13N7S/c1-8(14-12-16-15-9(2)20-12)10-4-3-5-11(6-10)19-7-13-17-18-19/h3-8H,1-2H3,(H,14,16). The smallest absolute Gasteiger partial charge is 0.206 e. The first kappa shape index (κ1) is 12.7. The van der Waals surface area contributed by atoms with Gasteiger partial charge >= 0.3 is 0 Å². The lowest BCUT2D eigenvalue weighted by atomic mass is 10.1. The minimum atomic E-state index is 0.124. The number of benzene rings is 1. The Hall–Kier alpha value is -2.35. The van der Waals surface area contributed by atoms with E-state index >= 15 is 0 Å². The summed E-state index contributed by atoms with van der Waals surface area (Å²) in [5, 5.41) is 24.4. The summed E-state index contributed by atoms with van der Waals surface area (Å²) in [6.07, 6.45) is 1.57. The van der Waals surface area contributed by atoms with Gasteiger partial charge in [-0.3, -0.25) is 0 Å². The molecule has 0 bridgehead atoms. The van der Waals surface area contributed by atoms with Gasteiger partial charge in [-0.1, -0.05) is 23.5 Å². The highest BCUT2D eigenvalue weighted by molar-refractivity contribution is 7.15. The Balaban J connectivity index is 1.81. The van der Waals surface area contributed by atoms with E-state index in [4.69, 9.17) is 0 Å². The van der Waals surface area contributed by atoms with E-state index in [-0.39, 0.29) is 6.04 Å². The van der Waals surface area contributed by atoms with Crippen LogP contribution in [0.1, 0.15) is 23.5 Å². The first-order chi connectivity index (χ1) is 9.72. The number of aryl methyl sites for hydroxylation is 1. The third-order valence-electron chi connectivity index (χ3n) is 2.85. The summed E-state index contributed by atoms with van der Waals surface area (Å²) in [7, 11) is 0. The van der Waals surface area contributed by atoms with Crippen molar-refractivity contribution in [1.82, 2.24) is 30.4 Å². The van der Waals surface area contributed by atoms with Gasteiger partial charge in [-0.15, -0.1) is 15.3 Å². The Kier molecular flexibility index (Phi) is 3.38. The number of nitrogens with one attached hydrogen (secondary N) is 1. The molecule has 0 aliphatic carbocycles. The first-order valence-corrected chi connectivity index (χ1v) is 6.94. The van der Waals surface area contributed by atoms with E-state index in [2.05, 4.69) is 44.0 Å². The van der Waals surface area contributed by atoms with Crippen LogP contribution < -0.4 is 5.32 Å². The van der Waals surface area contributed by atoms with Crippen LogP contribution in [-0.4, -0.2) is 30.4 Å². The monoisotopic (exact) mass is 287 g/mol. The van der Waals surface area contributed by atoms with E-state index in [9.17, 15) is 0 Å². The van der Waals surface area contributed by atoms with Crippen LogP contribution in [0.25, 0.3) is 5.69 Å². The summed E-state index contributed by atoms with van der Waals surface area (Å²) in [6.45, 7) is 4.02. The molecule has 3 aromatic rings. The van der Waals surface area contributed by atoms with Crippen LogP contribution in [-0.2, 0) is 0 Å². The van der Waals surface area contributed by atoms with E-state index < -0.39 is 0 Å². The van der Waals surface area contributed by atoms with E-state index in [1.807, 2.05) is 25.1 Å². The van der Waals surface area contributed by atoms with Crippen LogP contribution in [0, 0.1) is 6.92 Å². The molecule has 0 fully saturated rings. The molecule has 1 atom stereocenters. The topological polar surface area (TPSA) is 81.4 Å². The normalized spacial score (nSPS) is 12.3. The van der Waals surface area contributed by atoms with Gasteiger partial charge in [0, 0.05) is 0 Å². The summed E-state index contributed by atoms with van der Waals surface area (Å²) in [5.74, 6) is 0. The molecule has 2 aromatic heterocycles. The predicted molar refractivity (Wildman–Crippen MR) is 75.8 cm³/mol. The highest BCUT2D eigenvalue weighted by Gasteiger charge is 2.09. The highest BCUT2D eigenvalue weighted by atomic mass is 32.1.